The Morgan fingerprint density at radius 1 is 1.31 bits per heavy atom. The van der Waals surface area contributed by atoms with Crippen molar-refractivity contribution in [3.8, 4) is 11.4 Å². The molecule has 0 saturated carbocycles. The van der Waals surface area contributed by atoms with Gasteiger partial charge in [-0.15, -0.1) is 10.2 Å². The molecule has 1 atom stereocenters. The lowest BCUT2D eigenvalue weighted by molar-refractivity contribution is 0.0193. The molecular formula is C18H19N5O3. The number of hydrogen-bond donors (Lipinski definition) is 2. The number of aryl methyl sites for hydroxylation is 2. The summed E-state index contributed by atoms with van der Waals surface area (Å²) in [6, 6.07) is 9.05. The Bertz CT molecular complexity index is 936. The summed E-state index contributed by atoms with van der Waals surface area (Å²) in [5.41, 5.74) is 5.95. The summed E-state index contributed by atoms with van der Waals surface area (Å²) < 4.78 is 5.33. The van der Waals surface area contributed by atoms with Crippen LogP contribution in [-0.2, 0) is 12.0 Å². The molecule has 8 nitrogen and oxygen atoms in total. The highest BCUT2D eigenvalue weighted by Crippen LogP contribution is 2.26. The molecular weight excluding hydrogens is 334 g/mol. The third-order valence-corrected chi connectivity index (χ3v) is 3.98. The van der Waals surface area contributed by atoms with Crippen molar-refractivity contribution in [1.29, 1.82) is 0 Å². The summed E-state index contributed by atoms with van der Waals surface area (Å²) in [6.45, 7) is 3.32. The molecule has 3 rings (SSSR count). The molecule has 3 aromatic rings. The zero-order valence-corrected chi connectivity index (χ0v) is 14.5. The molecule has 3 N–H and O–H groups in total. The van der Waals surface area contributed by atoms with Gasteiger partial charge in [-0.3, -0.25) is 4.79 Å². The largest absolute Gasteiger partial charge is 0.422 e. The van der Waals surface area contributed by atoms with E-state index in [0.29, 0.717) is 24.6 Å². The van der Waals surface area contributed by atoms with Crippen LogP contribution in [0.25, 0.3) is 11.4 Å². The number of benzene rings is 1. The number of amides is 1. The number of carbonyl (C=O) groups is 1. The Hall–Kier alpha value is -3.13. The molecule has 0 radical (unpaired) electrons. The van der Waals surface area contributed by atoms with Gasteiger partial charge in [0.25, 0.3) is 5.91 Å². The van der Waals surface area contributed by atoms with Gasteiger partial charge in [-0.2, -0.15) is 0 Å². The summed E-state index contributed by atoms with van der Waals surface area (Å²) in [5.74, 6) is 0.426. The molecule has 0 bridgehead atoms. The topological polar surface area (TPSA) is 128 Å². The van der Waals surface area contributed by atoms with Gasteiger partial charge in [0.05, 0.1) is 0 Å². The third kappa shape index (κ3) is 3.92. The average molecular weight is 353 g/mol. The molecule has 0 fully saturated rings. The van der Waals surface area contributed by atoms with Crippen molar-refractivity contribution in [2.24, 2.45) is 5.73 Å². The second kappa shape index (κ2) is 7.01. The first-order chi connectivity index (χ1) is 12.3. The van der Waals surface area contributed by atoms with Crippen molar-refractivity contribution in [2.45, 2.75) is 32.3 Å². The smallest absolute Gasteiger partial charge is 0.267 e. The van der Waals surface area contributed by atoms with Crippen LogP contribution in [0, 0.1) is 6.92 Å². The standard InChI is InChI=1S/C18H19N5O3/c1-11-22-23-17(26-11)18(2,25)8-6-12-4-3-5-13(10-12)16-20-9-7-14(21-16)15(19)24/h3-5,7,9-10,25H,6,8H2,1-2H3,(H2,19,24). The van der Waals surface area contributed by atoms with Crippen LogP contribution in [0.4, 0.5) is 0 Å². The van der Waals surface area contributed by atoms with Gasteiger partial charge in [0.2, 0.25) is 11.8 Å². The van der Waals surface area contributed by atoms with Crippen molar-refractivity contribution in [2.75, 3.05) is 0 Å². The Morgan fingerprint density at radius 2 is 2.12 bits per heavy atom. The quantitative estimate of drug-likeness (QED) is 0.691. The molecule has 1 aromatic carbocycles. The van der Waals surface area contributed by atoms with Crippen LogP contribution in [0.15, 0.2) is 40.9 Å². The summed E-state index contributed by atoms with van der Waals surface area (Å²) in [6.07, 6.45) is 2.48. The van der Waals surface area contributed by atoms with Crippen LogP contribution >= 0.6 is 0 Å². The summed E-state index contributed by atoms with van der Waals surface area (Å²) in [7, 11) is 0. The zero-order chi connectivity index (χ0) is 18.7. The fourth-order valence-corrected chi connectivity index (χ4v) is 2.51. The first-order valence-electron chi connectivity index (χ1n) is 8.10. The van der Waals surface area contributed by atoms with E-state index in [-0.39, 0.29) is 11.6 Å². The number of rotatable bonds is 6. The minimum absolute atomic E-state index is 0.162. The van der Waals surface area contributed by atoms with Crippen LogP contribution in [0.1, 0.15) is 41.2 Å². The van der Waals surface area contributed by atoms with Crippen molar-refractivity contribution in [3.63, 3.8) is 0 Å². The lowest BCUT2D eigenvalue weighted by atomic mass is 9.96. The first-order valence-corrected chi connectivity index (χ1v) is 8.10. The molecule has 0 aliphatic rings. The van der Waals surface area contributed by atoms with Gasteiger partial charge in [0, 0.05) is 18.7 Å². The number of aromatic nitrogens is 4. The number of carbonyl (C=O) groups excluding carboxylic acids is 1. The predicted molar refractivity (Wildman–Crippen MR) is 92.9 cm³/mol. The molecule has 1 unspecified atom stereocenters. The van der Waals surface area contributed by atoms with Crippen LogP contribution < -0.4 is 5.73 Å². The fraction of sp³-hybridized carbons (Fsp3) is 0.278. The molecule has 0 spiro atoms. The molecule has 0 aliphatic carbocycles. The SMILES string of the molecule is Cc1nnc(C(C)(O)CCc2cccc(-c3nccc(C(N)=O)n3)c2)o1. The number of nitrogens with two attached hydrogens (primary N) is 1. The van der Waals surface area contributed by atoms with E-state index in [1.165, 1.54) is 12.3 Å². The number of hydrogen-bond acceptors (Lipinski definition) is 7. The summed E-state index contributed by atoms with van der Waals surface area (Å²) >= 11 is 0. The maximum atomic E-state index is 11.3. The van der Waals surface area contributed by atoms with Gasteiger partial charge in [-0.05, 0) is 37.5 Å². The Morgan fingerprint density at radius 3 is 2.81 bits per heavy atom. The van der Waals surface area contributed by atoms with Crippen LogP contribution in [0.3, 0.4) is 0 Å². The Balaban J connectivity index is 1.77. The Kier molecular flexibility index (Phi) is 4.77. The van der Waals surface area contributed by atoms with E-state index < -0.39 is 11.5 Å². The van der Waals surface area contributed by atoms with Gasteiger partial charge in [0.15, 0.2) is 5.82 Å². The molecule has 26 heavy (non-hydrogen) atoms. The summed E-state index contributed by atoms with van der Waals surface area (Å²) in [5, 5.41) is 18.2. The minimum Gasteiger partial charge on any atom is -0.422 e. The van der Waals surface area contributed by atoms with Gasteiger partial charge in [-0.1, -0.05) is 18.2 Å². The maximum Gasteiger partial charge on any atom is 0.267 e. The second-order valence-electron chi connectivity index (χ2n) is 6.23. The second-order valence-corrected chi connectivity index (χ2v) is 6.23. The van der Waals surface area contributed by atoms with Gasteiger partial charge in [-0.25, -0.2) is 9.97 Å². The van der Waals surface area contributed by atoms with Crippen molar-refractivity contribution in [3.05, 3.63) is 59.6 Å². The van der Waals surface area contributed by atoms with Crippen molar-refractivity contribution < 1.29 is 14.3 Å². The molecule has 0 aliphatic heterocycles. The van der Waals surface area contributed by atoms with Gasteiger partial charge < -0.3 is 15.3 Å². The summed E-state index contributed by atoms with van der Waals surface area (Å²) in [4.78, 5) is 19.7. The highest BCUT2D eigenvalue weighted by atomic mass is 16.4. The van der Waals surface area contributed by atoms with E-state index in [2.05, 4.69) is 20.2 Å². The highest BCUT2D eigenvalue weighted by Gasteiger charge is 2.29. The predicted octanol–water partition coefficient (Wildman–Crippen LogP) is 1.77. The number of nitrogens with zero attached hydrogens (tertiary/aromatic N) is 4. The lowest BCUT2D eigenvalue weighted by Crippen LogP contribution is -2.22. The van der Waals surface area contributed by atoms with Crippen LogP contribution in [0.2, 0.25) is 0 Å². The normalized spacial score (nSPS) is 13.3. The molecule has 1 amide bonds. The zero-order valence-electron chi connectivity index (χ0n) is 14.5. The van der Waals surface area contributed by atoms with Crippen molar-refractivity contribution >= 4 is 5.91 Å². The van der Waals surface area contributed by atoms with E-state index in [0.717, 1.165) is 11.1 Å². The van der Waals surface area contributed by atoms with E-state index in [1.54, 1.807) is 13.8 Å². The monoisotopic (exact) mass is 353 g/mol. The highest BCUT2D eigenvalue weighted by molar-refractivity contribution is 5.91. The Labute approximate surface area is 150 Å². The number of aliphatic hydroxyl groups is 1. The van der Waals surface area contributed by atoms with E-state index in [4.69, 9.17) is 10.2 Å². The molecule has 8 heteroatoms. The van der Waals surface area contributed by atoms with Crippen LogP contribution in [0.5, 0.6) is 0 Å². The van der Waals surface area contributed by atoms with E-state index in [1.807, 2.05) is 24.3 Å². The third-order valence-electron chi connectivity index (χ3n) is 3.98. The average Bonchev–Trinajstić information content (AvgIpc) is 3.08. The molecule has 2 aromatic heterocycles. The van der Waals surface area contributed by atoms with Gasteiger partial charge >= 0.3 is 0 Å². The van der Waals surface area contributed by atoms with Crippen molar-refractivity contribution in [1.82, 2.24) is 20.2 Å². The number of primary amides is 1. The van der Waals surface area contributed by atoms with Gasteiger partial charge in [0.1, 0.15) is 11.3 Å². The fourth-order valence-electron chi connectivity index (χ4n) is 2.51. The lowest BCUT2D eigenvalue weighted by Gasteiger charge is -2.18. The first kappa shape index (κ1) is 17.7. The minimum atomic E-state index is -1.22. The molecule has 134 valence electrons. The molecule has 0 saturated heterocycles. The maximum absolute atomic E-state index is 11.3. The molecule has 2 heterocycles. The van der Waals surface area contributed by atoms with E-state index in [9.17, 15) is 9.90 Å². The van der Waals surface area contributed by atoms with E-state index >= 15 is 0 Å². The van der Waals surface area contributed by atoms with Crippen LogP contribution in [-0.4, -0.2) is 31.2 Å².